The second-order valence-corrected chi connectivity index (χ2v) is 6.56. The first-order valence-electron chi connectivity index (χ1n) is 8.49. The Morgan fingerprint density at radius 3 is 2.70 bits per heavy atom. The largest absolute Gasteiger partial charge is 0.497 e. The van der Waals surface area contributed by atoms with E-state index in [2.05, 4.69) is 5.10 Å². The number of nitrogens with zero attached hydrogens (tertiary/aromatic N) is 2. The topological polar surface area (TPSA) is 79.2 Å². The summed E-state index contributed by atoms with van der Waals surface area (Å²) in [6, 6.07) is 14.4. The average Bonchev–Trinajstić information content (AvgIpc) is 3.11. The van der Waals surface area contributed by atoms with Crippen molar-refractivity contribution in [3.63, 3.8) is 0 Å². The van der Waals surface area contributed by atoms with Crippen molar-refractivity contribution in [1.29, 1.82) is 0 Å². The number of benzene rings is 2. The first-order chi connectivity index (χ1) is 13.0. The fourth-order valence-corrected chi connectivity index (χ4v) is 3.30. The number of hydrogen-bond acceptors (Lipinski definition) is 4. The molecule has 0 aromatic heterocycles. The van der Waals surface area contributed by atoms with Crippen LogP contribution in [-0.4, -0.2) is 34.8 Å². The summed E-state index contributed by atoms with van der Waals surface area (Å²) < 4.78 is 5.26. The molecule has 0 saturated carbocycles. The molecule has 3 rings (SSSR count). The number of hydrogen-bond donors (Lipinski definition) is 1. The Labute approximate surface area is 162 Å². The number of ether oxygens (including phenoxy) is 1. The van der Waals surface area contributed by atoms with Crippen LogP contribution in [0, 0.1) is 0 Å². The first kappa shape index (κ1) is 18.9. The zero-order valence-corrected chi connectivity index (χ0v) is 15.5. The van der Waals surface area contributed by atoms with Crippen molar-refractivity contribution in [2.45, 2.75) is 25.3 Å². The molecule has 1 amide bonds. The maximum absolute atomic E-state index is 12.6. The van der Waals surface area contributed by atoms with Crippen molar-refractivity contribution in [2.24, 2.45) is 5.10 Å². The van der Waals surface area contributed by atoms with Gasteiger partial charge in [-0.25, -0.2) is 5.01 Å². The van der Waals surface area contributed by atoms with Gasteiger partial charge < -0.3 is 9.84 Å². The molecule has 6 nitrogen and oxygen atoms in total. The molecule has 1 aliphatic rings. The highest BCUT2D eigenvalue weighted by atomic mass is 35.5. The van der Waals surface area contributed by atoms with Gasteiger partial charge in [0.05, 0.1) is 25.3 Å². The predicted octanol–water partition coefficient (Wildman–Crippen LogP) is 3.89. The van der Waals surface area contributed by atoms with Gasteiger partial charge in [0.2, 0.25) is 5.91 Å². The van der Waals surface area contributed by atoms with Crippen LogP contribution in [0.3, 0.4) is 0 Å². The Balaban J connectivity index is 1.94. The van der Waals surface area contributed by atoms with E-state index in [1.165, 1.54) is 5.01 Å². The number of methoxy groups -OCH3 is 1. The standard InChI is InChI=1S/C20H19ClN2O4/c1-27-14-6-4-5-13(11-14)17-12-18(15-7-2-3-8-16(15)21)23(22-17)19(24)9-10-20(25)26/h2-8,11,18H,9-10,12H2,1H3,(H,25,26)/t18-/m1/s1. The van der Waals surface area contributed by atoms with E-state index in [4.69, 9.17) is 21.4 Å². The molecular formula is C20H19ClN2O4. The molecule has 2 aromatic carbocycles. The third-order valence-corrected chi connectivity index (χ3v) is 4.73. The second kappa shape index (κ2) is 8.22. The van der Waals surface area contributed by atoms with Gasteiger partial charge in [0.25, 0.3) is 0 Å². The zero-order valence-electron chi connectivity index (χ0n) is 14.8. The fraction of sp³-hybridized carbons (Fsp3) is 0.250. The van der Waals surface area contributed by atoms with Crippen LogP contribution in [0.1, 0.15) is 36.4 Å². The summed E-state index contributed by atoms with van der Waals surface area (Å²) in [5.41, 5.74) is 2.35. The summed E-state index contributed by atoms with van der Waals surface area (Å²) in [4.78, 5) is 23.5. The fourth-order valence-electron chi connectivity index (χ4n) is 3.03. The summed E-state index contributed by atoms with van der Waals surface area (Å²) in [6.07, 6.45) is 0.121. The van der Waals surface area contributed by atoms with Crippen LogP contribution >= 0.6 is 11.6 Å². The molecule has 1 heterocycles. The van der Waals surface area contributed by atoms with E-state index in [0.29, 0.717) is 17.2 Å². The molecule has 0 aliphatic carbocycles. The minimum atomic E-state index is -1.02. The second-order valence-electron chi connectivity index (χ2n) is 6.15. The molecule has 0 bridgehead atoms. The molecule has 1 aliphatic heterocycles. The van der Waals surface area contributed by atoms with E-state index in [0.717, 1.165) is 16.8 Å². The van der Waals surface area contributed by atoms with Gasteiger partial charge in [-0.05, 0) is 23.8 Å². The molecule has 0 saturated heterocycles. The van der Waals surface area contributed by atoms with Gasteiger partial charge >= 0.3 is 5.97 Å². The minimum absolute atomic E-state index is 0.120. The SMILES string of the molecule is COc1cccc(C2=NN(C(=O)CCC(=O)O)[C@@H](c3ccccc3Cl)C2)c1. The molecule has 2 aromatic rings. The van der Waals surface area contributed by atoms with Gasteiger partial charge in [-0.15, -0.1) is 0 Å². The summed E-state index contributed by atoms with van der Waals surface area (Å²) in [7, 11) is 1.59. The molecular weight excluding hydrogens is 368 g/mol. The Morgan fingerprint density at radius 1 is 1.22 bits per heavy atom. The van der Waals surface area contributed by atoms with Gasteiger partial charge in [0, 0.05) is 23.4 Å². The Hall–Kier alpha value is -2.86. The Kier molecular flexibility index (Phi) is 5.76. The van der Waals surface area contributed by atoms with Crippen LogP contribution in [0.25, 0.3) is 0 Å². The molecule has 7 heteroatoms. The number of amides is 1. The van der Waals surface area contributed by atoms with Gasteiger partial charge in [-0.2, -0.15) is 5.10 Å². The summed E-state index contributed by atoms with van der Waals surface area (Å²) in [5.74, 6) is -0.672. The Bertz CT molecular complexity index is 897. The van der Waals surface area contributed by atoms with E-state index < -0.39 is 5.97 Å². The molecule has 140 valence electrons. The van der Waals surface area contributed by atoms with Gasteiger partial charge in [0.15, 0.2) is 0 Å². The van der Waals surface area contributed by atoms with Crippen LogP contribution in [0.5, 0.6) is 5.75 Å². The average molecular weight is 387 g/mol. The number of carbonyl (C=O) groups excluding carboxylic acids is 1. The maximum Gasteiger partial charge on any atom is 0.303 e. The lowest BCUT2D eigenvalue weighted by atomic mass is 9.98. The summed E-state index contributed by atoms with van der Waals surface area (Å²) >= 11 is 6.34. The number of carbonyl (C=O) groups is 2. The monoisotopic (exact) mass is 386 g/mol. The number of aliphatic carboxylic acids is 1. The molecule has 0 spiro atoms. The van der Waals surface area contributed by atoms with Crippen molar-refractivity contribution in [3.8, 4) is 5.75 Å². The number of carboxylic acids is 1. The molecule has 0 fully saturated rings. The number of rotatable bonds is 6. The molecule has 1 N–H and O–H groups in total. The van der Waals surface area contributed by atoms with Crippen molar-refractivity contribution < 1.29 is 19.4 Å². The number of carboxylic acid groups (broad SMARTS) is 1. The van der Waals surface area contributed by atoms with Crippen molar-refractivity contribution in [2.75, 3.05) is 7.11 Å². The van der Waals surface area contributed by atoms with E-state index >= 15 is 0 Å². The van der Waals surface area contributed by atoms with Crippen LogP contribution < -0.4 is 4.74 Å². The number of halogens is 1. The van der Waals surface area contributed by atoms with E-state index in [-0.39, 0.29) is 24.8 Å². The third kappa shape index (κ3) is 4.28. The number of hydrazone groups is 1. The lowest BCUT2D eigenvalue weighted by Crippen LogP contribution is -2.27. The zero-order chi connectivity index (χ0) is 19.4. The molecule has 1 atom stereocenters. The first-order valence-corrected chi connectivity index (χ1v) is 8.87. The van der Waals surface area contributed by atoms with Gasteiger partial charge in [-0.1, -0.05) is 41.9 Å². The van der Waals surface area contributed by atoms with E-state index in [1.54, 1.807) is 13.2 Å². The molecule has 27 heavy (non-hydrogen) atoms. The predicted molar refractivity (Wildman–Crippen MR) is 102 cm³/mol. The van der Waals surface area contributed by atoms with Crippen LogP contribution in [0.4, 0.5) is 0 Å². The molecule has 0 unspecified atom stereocenters. The lowest BCUT2D eigenvalue weighted by molar-refractivity contribution is -0.141. The normalized spacial score (nSPS) is 16.1. The van der Waals surface area contributed by atoms with Gasteiger partial charge in [0.1, 0.15) is 5.75 Å². The molecule has 0 radical (unpaired) electrons. The van der Waals surface area contributed by atoms with Crippen molar-refractivity contribution >= 4 is 29.2 Å². The summed E-state index contributed by atoms with van der Waals surface area (Å²) in [6.45, 7) is 0. The van der Waals surface area contributed by atoms with Gasteiger partial charge in [-0.3, -0.25) is 9.59 Å². The van der Waals surface area contributed by atoms with Crippen molar-refractivity contribution in [3.05, 3.63) is 64.7 Å². The van der Waals surface area contributed by atoms with Crippen LogP contribution in [0.15, 0.2) is 53.6 Å². The smallest absolute Gasteiger partial charge is 0.303 e. The third-order valence-electron chi connectivity index (χ3n) is 4.39. The highest BCUT2D eigenvalue weighted by Gasteiger charge is 2.34. The Morgan fingerprint density at radius 2 is 2.00 bits per heavy atom. The van der Waals surface area contributed by atoms with Crippen molar-refractivity contribution in [1.82, 2.24) is 5.01 Å². The highest BCUT2D eigenvalue weighted by Crippen LogP contribution is 2.37. The van der Waals surface area contributed by atoms with Crippen LogP contribution in [0.2, 0.25) is 5.02 Å². The van der Waals surface area contributed by atoms with E-state index in [9.17, 15) is 9.59 Å². The lowest BCUT2D eigenvalue weighted by Gasteiger charge is -2.22. The maximum atomic E-state index is 12.6. The quantitative estimate of drug-likeness (QED) is 0.816. The van der Waals surface area contributed by atoms with Crippen LogP contribution in [-0.2, 0) is 9.59 Å². The van der Waals surface area contributed by atoms with E-state index in [1.807, 2.05) is 42.5 Å². The minimum Gasteiger partial charge on any atom is -0.497 e. The highest BCUT2D eigenvalue weighted by molar-refractivity contribution is 6.31. The summed E-state index contributed by atoms with van der Waals surface area (Å²) in [5, 5.41) is 15.3.